The number of hydrogen-bond acceptors (Lipinski definition) is 4. The van der Waals surface area contributed by atoms with Crippen LogP contribution < -0.4 is 10.2 Å². The zero-order valence-corrected chi connectivity index (χ0v) is 16.9. The van der Waals surface area contributed by atoms with E-state index in [4.69, 9.17) is 12.2 Å². The van der Waals surface area contributed by atoms with Crippen molar-refractivity contribution in [2.75, 3.05) is 30.4 Å². The molecule has 1 aromatic carbocycles. The first-order valence-corrected chi connectivity index (χ1v) is 9.52. The standard InChI is InChI=1S/C21H21N5OS/c1-13-12-23-18-16(19(13)26-11-10-25(3)21(26)27)6-4-8-17(18)24-20(28)15-7-5-9-22-14(15)2/h4-9,12H,10-11H2,1-3H3,(H,24,28). The minimum absolute atomic E-state index is 0.00969. The van der Waals surface area contributed by atoms with Gasteiger partial charge in [-0.05, 0) is 37.6 Å². The van der Waals surface area contributed by atoms with E-state index in [0.717, 1.165) is 39.1 Å². The maximum absolute atomic E-state index is 12.6. The number of urea groups is 1. The van der Waals surface area contributed by atoms with Crippen LogP contribution in [-0.4, -0.2) is 46.0 Å². The summed E-state index contributed by atoms with van der Waals surface area (Å²) in [5.74, 6) is 0. The third kappa shape index (κ3) is 3.07. The quantitative estimate of drug-likeness (QED) is 0.686. The average molecular weight is 392 g/mol. The predicted molar refractivity (Wildman–Crippen MR) is 116 cm³/mol. The van der Waals surface area contributed by atoms with Gasteiger partial charge in [0.25, 0.3) is 0 Å². The number of para-hydroxylation sites is 1. The molecule has 1 N–H and O–H groups in total. The van der Waals surface area contributed by atoms with Crippen LogP contribution >= 0.6 is 12.2 Å². The maximum atomic E-state index is 12.6. The van der Waals surface area contributed by atoms with Crippen LogP contribution in [0, 0.1) is 13.8 Å². The lowest BCUT2D eigenvalue weighted by atomic mass is 10.1. The van der Waals surface area contributed by atoms with Gasteiger partial charge in [-0.25, -0.2) is 4.79 Å². The Hall–Kier alpha value is -3.06. The van der Waals surface area contributed by atoms with Gasteiger partial charge in [-0.3, -0.25) is 14.9 Å². The summed E-state index contributed by atoms with van der Waals surface area (Å²) >= 11 is 5.60. The van der Waals surface area contributed by atoms with Gasteiger partial charge in [0.2, 0.25) is 0 Å². The van der Waals surface area contributed by atoms with Crippen LogP contribution in [0.5, 0.6) is 0 Å². The van der Waals surface area contributed by atoms with Crippen molar-refractivity contribution < 1.29 is 4.79 Å². The molecule has 0 bridgehead atoms. The number of carbonyl (C=O) groups is 1. The highest BCUT2D eigenvalue weighted by molar-refractivity contribution is 7.81. The molecule has 1 aliphatic rings. The molecule has 1 saturated heterocycles. The number of hydrogen-bond donors (Lipinski definition) is 1. The van der Waals surface area contributed by atoms with Crippen LogP contribution in [0.25, 0.3) is 10.9 Å². The number of aromatic nitrogens is 2. The van der Waals surface area contributed by atoms with E-state index in [2.05, 4.69) is 15.3 Å². The lowest BCUT2D eigenvalue weighted by Crippen LogP contribution is -2.30. The van der Waals surface area contributed by atoms with Gasteiger partial charge in [-0.15, -0.1) is 0 Å². The van der Waals surface area contributed by atoms with Crippen molar-refractivity contribution in [3.8, 4) is 0 Å². The molecular weight excluding hydrogens is 370 g/mol. The lowest BCUT2D eigenvalue weighted by molar-refractivity contribution is 0.229. The molecule has 3 heterocycles. The topological polar surface area (TPSA) is 61.4 Å². The summed E-state index contributed by atoms with van der Waals surface area (Å²) in [6.45, 7) is 5.29. The second kappa shape index (κ2) is 7.16. The highest BCUT2D eigenvalue weighted by Crippen LogP contribution is 2.34. The minimum atomic E-state index is 0.00969. The smallest absolute Gasteiger partial charge is 0.324 e. The number of carbonyl (C=O) groups excluding carboxylic acids is 1. The third-order valence-electron chi connectivity index (χ3n) is 5.04. The summed E-state index contributed by atoms with van der Waals surface area (Å²) in [4.78, 5) is 25.7. The molecular formula is C21H21N5OS. The number of anilines is 2. The molecule has 0 radical (unpaired) electrons. The van der Waals surface area contributed by atoms with Gasteiger partial charge in [0.15, 0.2) is 0 Å². The Morgan fingerprint density at radius 2 is 1.96 bits per heavy atom. The zero-order valence-electron chi connectivity index (χ0n) is 16.1. The number of amides is 2. The first-order valence-electron chi connectivity index (χ1n) is 9.11. The number of aryl methyl sites for hydroxylation is 2. The van der Waals surface area contributed by atoms with Gasteiger partial charge in [0, 0.05) is 49.2 Å². The molecule has 0 atom stereocenters. The molecule has 0 unspecified atom stereocenters. The molecule has 3 aromatic rings. The van der Waals surface area contributed by atoms with E-state index >= 15 is 0 Å². The van der Waals surface area contributed by atoms with E-state index < -0.39 is 0 Å². The molecule has 2 amide bonds. The molecule has 142 valence electrons. The van der Waals surface area contributed by atoms with Crippen LogP contribution in [0.3, 0.4) is 0 Å². The number of likely N-dealkylation sites (N-methyl/N-ethyl adjacent to an activating group) is 1. The Morgan fingerprint density at radius 1 is 1.14 bits per heavy atom. The Kier molecular flexibility index (Phi) is 4.68. The van der Waals surface area contributed by atoms with Gasteiger partial charge in [-0.1, -0.05) is 24.4 Å². The Bertz CT molecular complexity index is 1100. The number of nitrogens with zero attached hydrogens (tertiary/aromatic N) is 4. The van der Waals surface area contributed by atoms with Crippen LogP contribution in [0.15, 0.2) is 42.7 Å². The van der Waals surface area contributed by atoms with Crippen molar-refractivity contribution in [3.63, 3.8) is 0 Å². The number of nitrogens with one attached hydrogen (secondary N) is 1. The summed E-state index contributed by atoms with van der Waals surface area (Å²) in [7, 11) is 1.82. The van der Waals surface area contributed by atoms with Crippen molar-refractivity contribution in [3.05, 3.63) is 59.5 Å². The number of rotatable bonds is 3. The monoisotopic (exact) mass is 391 g/mol. The Labute approximate surface area is 169 Å². The summed E-state index contributed by atoms with van der Waals surface area (Å²) in [6.07, 6.45) is 3.56. The first kappa shape index (κ1) is 18.3. The van der Waals surface area contributed by atoms with E-state index in [1.54, 1.807) is 11.1 Å². The van der Waals surface area contributed by atoms with Crippen molar-refractivity contribution >= 4 is 45.5 Å². The number of fused-ring (bicyclic) bond motifs is 1. The Morgan fingerprint density at radius 3 is 2.68 bits per heavy atom. The molecule has 0 spiro atoms. The molecule has 0 aliphatic carbocycles. The normalized spacial score (nSPS) is 14.0. The number of pyridine rings is 2. The van der Waals surface area contributed by atoms with Crippen molar-refractivity contribution in [1.82, 2.24) is 14.9 Å². The second-order valence-corrected chi connectivity index (χ2v) is 7.35. The molecule has 1 fully saturated rings. The molecule has 2 aromatic heterocycles. The van der Waals surface area contributed by atoms with Gasteiger partial charge >= 0.3 is 6.03 Å². The molecule has 7 heteroatoms. The fourth-order valence-electron chi connectivity index (χ4n) is 3.54. The van der Waals surface area contributed by atoms with Crippen molar-refractivity contribution in [1.29, 1.82) is 0 Å². The Balaban J connectivity index is 1.78. The fraction of sp³-hybridized carbons (Fsp3) is 0.238. The lowest BCUT2D eigenvalue weighted by Gasteiger charge is -2.21. The van der Waals surface area contributed by atoms with Crippen LogP contribution in [0.4, 0.5) is 16.2 Å². The maximum Gasteiger partial charge on any atom is 0.324 e. The largest absolute Gasteiger partial charge is 0.344 e. The van der Waals surface area contributed by atoms with Crippen LogP contribution in [0.2, 0.25) is 0 Å². The van der Waals surface area contributed by atoms with E-state index in [-0.39, 0.29) is 6.03 Å². The van der Waals surface area contributed by atoms with Gasteiger partial charge < -0.3 is 10.2 Å². The van der Waals surface area contributed by atoms with E-state index in [0.29, 0.717) is 18.1 Å². The molecule has 6 nitrogen and oxygen atoms in total. The molecule has 0 saturated carbocycles. The SMILES string of the molecule is Cc1cnc2c(NC(=S)c3cccnc3C)cccc2c1N1CCN(C)C1=O. The van der Waals surface area contributed by atoms with Gasteiger partial charge in [0.1, 0.15) is 4.99 Å². The summed E-state index contributed by atoms with van der Waals surface area (Å²) in [5.41, 5.74) is 5.24. The average Bonchev–Trinajstić information content (AvgIpc) is 3.01. The summed E-state index contributed by atoms with van der Waals surface area (Å²) in [6, 6.07) is 9.73. The first-order chi connectivity index (χ1) is 13.5. The number of thiocarbonyl (C=S) groups is 1. The van der Waals surface area contributed by atoms with E-state index in [9.17, 15) is 4.79 Å². The highest BCUT2D eigenvalue weighted by atomic mass is 32.1. The summed E-state index contributed by atoms with van der Waals surface area (Å²) in [5, 5.41) is 4.24. The molecule has 28 heavy (non-hydrogen) atoms. The van der Waals surface area contributed by atoms with Crippen molar-refractivity contribution in [2.24, 2.45) is 0 Å². The van der Waals surface area contributed by atoms with E-state index in [1.807, 2.05) is 62.3 Å². The fourth-order valence-corrected chi connectivity index (χ4v) is 3.86. The minimum Gasteiger partial charge on any atom is -0.344 e. The van der Waals surface area contributed by atoms with Crippen LogP contribution in [-0.2, 0) is 0 Å². The van der Waals surface area contributed by atoms with Crippen molar-refractivity contribution in [2.45, 2.75) is 13.8 Å². The van der Waals surface area contributed by atoms with Gasteiger partial charge in [0.05, 0.1) is 16.9 Å². The highest BCUT2D eigenvalue weighted by Gasteiger charge is 2.29. The van der Waals surface area contributed by atoms with Gasteiger partial charge in [-0.2, -0.15) is 0 Å². The molecule has 4 rings (SSSR count). The number of benzene rings is 1. The second-order valence-electron chi connectivity index (χ2n) is 6.94. The predicted octanol–water partition coefficient (Wildman–Crippen LogP) is 3.91. The third-order valence-corrected chi connectivity index (χ3v) is 5.36. The summed E-state index contributed by atoms with van der Waals surface area (Å²) < 4.78 is 0. The molecule has 1 aliphatic heterocycles. The van der Waals surface area contributed by atoms with Crippen LogP contribution in [0.1, 0.15) is 16.8 Å². The van der Waals surface area contributed by atoms with E-state index in [1.165, 1.54) is 0 Å². The zero-order chi connectivity index (χ0) is 19.8.